The predicted octanol–water partition coefficient (Wildman–Crippen LogP) is 1.58. The van der Waals surface area contributed by atoms with E-state index in [9.17, 15) is 5.11 Å². The first-order chi connectivity index (χ1) is 8.79. The molecule has 0 unspecified atom stereocenters. The smallest absolute Gasteiger partial charge is 0.252 e. The van der Waals surface area contributed by atoms with Gasteiger partial charge in [0.2, 0.25) is 5.16 Å². The Balaban J connectivity index is 2.17. The van der Waals surface area contributed by atoms with Crippen LogP contribution in [0.4, 0.5) is 0 Å². The minimum Gasteiger partial charge on any atom is -0.858 e. The second kappa shape index (κ2) is 4.76. The Labute approximate surface area is 110 Å². The van der Waals surface area contributed by atoms with E-state index in [0.717, 1.165) is 36.9 Å². The van der Waals surface area contributed by atoms with Crippen LogP contribution in [-0.4, -0.2) is 25.8 Å². The van der Waals surface area contributed by atoms with Crippen molar-refractivity contribution in [1.29, 1.82) is 0 Å². The lowest BCUT2D eigenvalue weighted by molar-refractivity contribution is -0.278. The molecule has 0 spiro atoms. The van der Waals surface area contributed by atoms with E-state index < -0.39 is 0 Å². The largest absolute Gasteiger partial charge is 0.858 e. The van der Waals surface area contributed by atoms with Gasteiger partial charge >= 0.3 is 0 Å². The molecule has 0 atom stereocenters. The summed E-state index contributed by atoms with van der Waals surface area (Å²) in [7, 11) is 0. The van der Waals surface area contributed by atoms with E-state index in [-0.39, 0.29) is 5.88 Å². The van der Waals surface area contributed by atoms with Crippen molar-refractivity contribution in [1.82, 2.24) is 19.6 Å². The van der Waals surface area contributed by atoms with E-state index in [1.165, 1.54) is 29.1 Å². The molecule has 0 N–H and O–H groups in total. The Hall–Kier alpha value is -1.30. The van der Waals surface area contributed by atoms with Crippen molar-refractivity contribution >= 4 is 17.5 Å². The third-order valence-electron chi connectivity index (χ3n) is 3.38. The molecule has 0 aliphatic heterocycles. The summed E-state index contributed by atoms with van der Waals surface area (Å²) in [5.74, 6) is 0.424. The number of hydrogen-bond donors (Lipinski definition) is 0. The Morgan fingerprint density at radius 2 is 1.89 bits per heavy atom. The molecule has 2 aromatic rings. The first-order valence-corrected chi connectivity index (χ1v) is 7.51. The monoisotopic (exact) mass is 263 g/mol. The van der Waals surface area contributed by atoms with Crippen LogP contribution in [0.2, 0.25) is 0 Å². The molecule has 0 radical (unpaired) electrons. The fourth-order valence-corrected chi connectivity index (χ4v) is 2.76. The summed E-state index contributed by atoms with van der Waals surface area (Å²) in [5.41, 5.74) is 1.78. The Bertz CT molecular complexity index is 581. The van der Waals surface area contributed by atoms with E-state index in [1.807, 2.05) is 6.26 Å². The molecule has 18 heavy (non-hydrogen) atoms. The molecule has 2 heterocycles. The number of aromatic nitrogens is 4. The average Bonchev–Trinajstić information content (AvgIpc) is 2.75. The summed E-state index contributed by atoms with van der Waals surface area (Å²) in [6, 6.07) is 0. The second-order valence-electron chi connectivity index (χ2n) is 4.57. The normalized spacial score (nSPS) is 16.3. The van der Waals surface area contributed by atoms with Gasteiger partial charge in [0.05, 0.1) is 0 Å². The molecule has 2 aromatic heterocycles. The van der Waals surface area contributed by atoms with Gasteiger partial charge in [-0.05, 0) is 43.4 Å². The lowest BCUT2D eigenvalue weighted by Crippen LogP contribution is -2.12. The van der Waals surface area contributed by atoms with E-state index in [2.05, 4.69) is 15.1 Å². The molecule has 5 nitrogen and oxygen atoms in total. The second-order valence-corrected chi connectivity index (χ2v) is 5.34. The molecule has 0 saturated heterocycles. The van der Waals surface area contributed by atoms with Crippen LogP contribution in [0, 0.1) is 0 Å². The van der Waals surface area contributed by atoms with Crippen molar-refractivity contribution in [2.24, 2.45) is 0 Å². The molecule has 96 valence electrons. The van der Waals surface area contributed by atoms with Crippen molar-refractivity contribution in [2.75, 3.05) is 6.26 Å². The highest BCUT2D eigenvalue weighted by Crippen LogP contribution is 2.25. The summed E-state index contributed by atoms with van der Waals surface area (Å²) in [6.07, 6.45) is 8.22. The summed E-state index contributed by atoms with van der Waals surface area (Å²) in [4.78, 5) is 8.78. The van der Waals surface area contributed by atoms with Gasteiger partial charge in [-0.3, -0.25) is 0 Å². The van der Waals surface area contributed by atoms with Crippen LogP contribution in [-0.2, 0) is 12.8 Å². The van der Waals surface area contributed by atoms with Crippen LogP contribution in [0.3, 0.4) is 0 Å². The zero-order valence-electron chi connectivity index (χ0n) is 10.3. The van der Waals surface area contributed by atoms with Gasteiger partial charge in [-0.15, -0.1) is 5.10 Å². The maximum atomic E-state index is 12.4. The fourth-order valence-electron chi connectivity index (χ4n) is 2.43. The summed E-state index contributed by atoms with van der Waals surface area (Å²) in [6.45, 7) is 0. The number of fused-ring (bicyclic) bond motifs is 2. The molecular weight excluding hydrogens is 248 g/mol. The quantitative estimate of drug-likeness (QED) is 0.731. The predicted molar refractivity (Wildman–Crippen MR) is 67.9 cm³/mol. The van der Waals surface area contributed by atoms with Crippen molar-refractivity contribution in [3.63, 3.8) is 0 Å². The Morgan fingerprint density at radius 3 is 2.67 bits per heavy atom. The molecule has 0 saturated carbocycles. The van der Waals surface area contributed by atoms with Crippen LogP contribution in [0.15, 0.2) is 5.16 Å². The highest BCUT2D eigenvalue weighted by Gasteiger charge is 2.14. The first kappa shape index (κ1) is 11.8. The fraction of sp³-hybridized carbons (Fsp3) is 0.583. The standard InChI is InChI=1S/C12H16N4OS/c1-18-12-14-11-13-9-7-5-3-2-4-6-8(9)10(17)16(11)15-12/h17H,2-7H2,1H3/p-1. The number of hydrogen-bond acceptors (Lipinski definition) is 5. The van der Waals surface area contributed by atoms with Crippen LogP contribution in [0.1, 0.15) is 36.9 Å². The maximum Gasteiger partial charge on any atom is 0.252 e. The van der Waals surface area contributed by atoms with Gasteiger partial charge < -0.3 is 5.11 Å². The molecule has 0 fully saturated rings. The topological polar surface area (TPSA) is 66.1 Å². The molecular formula is C12H15N4OS-. The van der Waals surface area contributed by atoms with Gasteiger partial charge in [0.25, 0.3) is 5.78 Å². The zero-order chi connectivity index (χ0) is 12.5. The lowest BCUT2D eigenvalue weighted by Gasteiger charge is -2.19. The van der Waals surface area contributed by atoms with E-state index in [4.69, 9.17) is 0 Å². The van der Waals surface area contributed by atoms with Crippen molar-refractivity contribution < 1.29 is 5.11 Å². The Morgan fingerprint density at radius 1 is 1.11 bits per heavy atom. The first-order valence-electron chi connectivity index (χ1n) is 6.29. The zero-order valence-corrected chi connectivity index (χ0v) is 11.2. The van der Waals surface area contributed by atoms with Crippen molar-refractivity contribution in [3.8, 4) is 5.88 Å². The summed E-state index contributed by atoms with van der Waals surface area (Å²) in [5, 5.41) is 17.2. The van der Waals surface area contributed by atoms with Crippen molar-refractivity contribution in [3.05, 3.63) is 11.3 Å². The average molecular weight is 263 g/mol. The lowest BCUT2D eigenvalue weighted by atomic mass is 9.98. The SMILES string of the molecule is CSc1nc2nc3c(c([O-])n2n1)CCCCCC3. The van der Waals surface area contributed by atoms with Gasteiger partial charge in [-0.25, -0.2) is 9.50 Å². The van der Waals surface area contributed by atoms with E-state index in [0.29, 0.717) is 10.9 Å². The molecule has 3 rings (SSSR count). The molecule has 1 aliphatic rings. The van der Waals surface area contributed by atoms with Gasteiger partial charge in [-0.2, -0.15) is 4.98 Å². The van der Waals surface area contributed by atoms with E-state index in [1.54, 1.807) is 0 Å². The summed E-state index contributed by atoms with van der Waals surface area (Å²) >= 11 is 1.43. The van der Waals surface area contributed by atoms with Crippen LogP contribution in [0.25, 0.3) is 5.78 Å². The number of rotatable bonds is 1. The summed E-state index contributed by atoms with van der Waals surface area (Å²) < 4.78 is 1.35. The number of aryl methyl sites for hydroxylation is 1. The minimum absolute atomic E-state index is 0.0234. The Kier molecular flexibility index (Phi) is 3.11. The molecule has 1 aliphatic carbocycles. The van der Waals surface area contributed by atoms with Crippen LogP contribution in [0.5, 0.6) is 5.88 Å². The van der Waals surface area contributed by atoms with Gasteiger partial charge in [0.15, 0.2) is 0 Å². The van der Waals surface area contributed by atoms with Gasteiger partial charge in [0.1, 0.15) is 0 Å². The minimum atomic E-state index is -0.0234. The third-order valence-corrected chi connectivity index (χ3v) is 3.92. The van der Waals surface area contributed by atoms with Crippen LogP contribution >= 0.6 is 11.8 Å². The van der Waals surface area contributed by atoms with Gasteiger partial charge in [0, 0.05) is 5.69 Å². The molecule has 6 heteroatoms. The van der Waals surface area contributed by atoms with Crippen molar-refractivity contribution in [2.45, 2.75) is 43.7 Å². The maximum absolute atomic E-state index is 12.4. The highest BCUT2D eigenvalue weighted by atomic mass is 32.2. The molecule has 0 aromatic carbocycles. The number of thioether (sulfide) groups is 1. The highest BCUT2D eigenvalue weighted by molar-refractivity contribution is 7.98. The number of nitrogens with zero attached hydrogens (tertiary/aromatic N) is 4. The molecule has 0 bridgehead atoms. The van der Waals surface area contributed by atoms with Gasteiger partial charge in [-0.1, -0.05) is 24.6 Å². The van der Waals surface area contributed by atoms with Crippen LogP contribution < -0.4 is 5.11 Å². The third kappa shape index (κ3) is 1.94. The molecule has 0 amide bonds. The van der Waals surface area contributed by atoms with E-state index >= 15 is 0 Å².